The molecular formula is C20H12ClN5O2. The fourth-order valence-corrected chi connectivity index (χ4v) is 3.52. The van der Waals surface area contributed by atoms with Crippen molar-refractivity contribution in [3.05, 3.63) is 76.4 Å². The Morgan fingerprint density at radius 3 is 2.61 bits per heavy atom. The second-order valence-electron chi connectivity index (χ2n) is 6.22. The van der Waals surface area contributed by atoms with Crippen LogP contribution >= 0.6 is 11.6 Å². The summed E-state index contributed by atoms with van der Waals surface area (Å²) in [7, 11) is 0. The fourth-order valence-electron chi connectivity index (χ4n) is 3.41. The van der Waals surface area contributed by atoms with Crippen molar-refractivity contribution in [2.24, 2.45) is 0 Å². The van der Waals surface area contributed by atoms with Crippen LogP contribution in [0.4, 0.5) is 5.69 Å². The Bertz CT molecular complexity index is 1440. The highest BCUT2D eigenvalue weighted by molar-refractivity contribution is 6.29. The summed E-state index contributed by atoms with van der Waals surface area (Å²) < 4.78 is 3.34. The third-order valence-electron chi connectivity index (χ3n) is 4.62. The number of pyridine rings is 3. The quantitative estimate of drug-likeness (QED) is 0.378. The Labute approximate surface area is 162 Å². The summed E-state index contributed by atoms with van der Waals surface area (Å²) in [4.78, 5) is 33.1. The van der Waals surface area contributed by atoms with Crippen molar-refractivity contribution >= 4 is 51.3 Å². The van der Waals surface area contributed by atoms with Gasteiger partial charge in [-0.05, 0) is 30.3 Å². The van der Waals surface area contributed by atoms with Crippen molar-refractivity contribution in [2.75, 3.05) is 5.32 Å². The standard InChI is InChI=1S/C20H12ClN5O2/c21-16-7-6-13(9-22-16)26-19-18(14-3-1-2-4-15(14)20(26)28)24-17-8-5-12(23-11-27)10-25(17)19/h1-11H,(H,23,27). The van der Waals surface area contributed by atoms with E-state index in [1.807, 2.05) is 18.2 Å². The number of hydrogen-bond donors (Lipinski definition) is 1. The number of benzene rings is 1. The minimum atomic E-state index is -0.192. The summed E-state index contributed by atoms with van der Waals surface area (Å²) in [5, 5.41) is 4.28. The van der Waals surface area contributed by atoms with Crippen molar-refractivity contribution in [1.82, 2.24) is 18.9 Å². The zero-order valence-electron chi connectivity index (χ0n) is 14.3. The van der Waals surface area contributed by atoms with Crippen molar-refractivity contribution in [2.45, 2.75) is 0 Å². The van der Waals surface area contributed by atoms with E-state index >= 15 is 0 Å². The molecule has 0 fully saturated rings. The minimum absolute atomic E-state index is 0.192. The number of amides is 1. The second kappa shape index (κ2) is 6.17. The number of rotatable bonds is 3. The average Bonchev–Trinajstić information content (AvgIpc) is 3.09. The van der Waals surface area contributed by atoms with E-state index < -0.39 is 0 Å². The number of hydrogen-bond acceptors (Lipinski definition) is 4. The molecule has 28 heavy (non-hydrogen) atoms. The van der Waals surface area contributed by atoms with Gasteiger partial charge in [0.2, 0.25) is 6.41 Å². The number of fused-ring (bicyclic) bond motifs is 5. The SMILES string of the molecule is O=CNc1ccc2nc3c4ccccc4c(=O)n(-c4ccc(Cl)nc4)c3n2c1. The molecule has 0 radical (unpaired) electrons. The number of nitrogens with one attached hydrogen (secondary N) is 1. The maximum absolute atomic E-state index is 13.4. The van der Waals surface area contributed by atoms with Gasteiger partial charge in [-0.25, -0.2) is 9.97 Å². The first kappa shape index (κ1) is 16.5. The molecule has 1 amide bonds. The van der Waals surface area contributed by atoms with Crippen LogP contribution in [0.25, 0.3) is 33.3 Å². The molecule has 136 valence electrons. The van der Waals surface area contributed by atoms with Crippen LogP contribution in [0.5, 0.6) is 0 Å². The van der Waals surface area contributed by atoms with Crippen molar-refractivity contribution < 1.29 is 4.79 Å². The summed E-state index contributed by atoms with van der Waals surface area (Å²) in [6.45, 7) is 0. The molecular weight excluding hydrogens is 378 g/mol. The maximum Gasteiger partial charge on any atom is 0.264 e. The number of anilines is 1. The zero-order chi connectivity index (χ0) is 19.3. The van der Waals surface area contributed by atoms with E-state index in [1.165, 1.54) is 0 Å². The van der Waals surface area contributed by atoms with Crippen molar-refractivity contribution in [3.8, 4) is 5.69 Å². The third-order valence-corrected chi connectivity index (χ3v) is 4.84. The molecule has 0 saturated heterocycles. The van der Waals surface area contributed by atoms with E-state index in [0.29, 0.717) is 45.1 Å². The highest BCUT2D eigenvalue weighted by atomic mass is 35.5. The van der Waals surface area contributed by atoms with E-state index in [1.54, 1.807) is 51.7 Å². The lowest BCUT2D eigenvalue weighted by Crippen LogP contribution is -2.20. The summed E-state index contributed by atoms with van der Waals surface area (Å²) in [6.07, 6.45) is 3.88. The number of nitrogens with zero attached hydrogens (tertiary/aromatic N) is 4. The van der Waals surface area contributed by atoms with Crippen LogP contribution in [0.15, 0.2) is 65.7 Å². The van der Waals surface area contributed by atoms with Crippen LogP contribution in [-0.2, 0) is 4.79 Å². The Morgan fingerprint density at radius 2 is 1.86 bits per heavy atom. The van der Waals surface area contributed by atoms with Gasteiger partial charge >= 0.3 is 0 Å². The average molecular weight is 390 g/mol. The molecule has 0 atom stereocenters. The molecule has 5 rings (SSSR count). The maximum atomic E-state index is 13.4. The predicted octanol–water partition coefficient (Wildman–Crippen LogP) is 3.41. The molecule has 0 aliphatic heterocycles. The van der Waals surface area contributed by atoms with Gasteiger partial charge in [0.15, 0.2) is 5.65 Å². The highest BCUT2D eigenvalue weighted by Gasteiger charge is 2.18. The first-order valence-corrected chi connectivity index (χ1v) is 8.83. The molecule has 0 bridgehead atoms. The molecule has 1 N–H and O–H groups in total. The normalized spacial score (nSPS) is 11.3. The summed E-state index contributed by atoms with van der Waals surface area (Å²) in [5.74, 6) is 0. The first-order valence-electron chi connectivity index (χ1n) is 8.45. The van der Waals surface area contributed by atoms with Crippen LogP contribution in [0.2, 0.25) is 5.15 Å². The zero-order valence-corrected chi connectivity index (χ0v) is 15.1. The molecule has 7 nitrogen and oxygen atoms in total. The fraction of sp³-hybridized carbons (Fsp3) is 0. The highest BCUT2D eigenvalue weighted by Crippen LogP contribution is 2.26. The Kier molecular flexibility index (Phi) is 3.63. The van der Waals surface area contributed by atoms with Crippen LogP contribution in [0.3, 0.4) is 0 Å². The minimum Gasteiger partial charge on any atom is -0.327 e. The van der Waals surface area contributed by atoms with E-state index in [9.17, 15) is 9.59 Å². The van der Waals surface area contributed by atoms with Gasteiger partial charge in [0.05, 0.1) is 17.6 Å². The lowest BCUT2D eigenvalue weighted by atomic mass is 10.1. The van der Waals surface area contributed by atoms with E-state index in [-0.39, 0.29) is 5.56 Å². The largest absolute Gasteiger partial charge is 0.327 e. The van der Waals surface area contributed by atoms with E-state index in [0.717, 1.165) is 5.39 Å². The van der Waals surface area contributed by atoms with Gasteiger partial charge in [-0.1, -0.05) is 29.8 Å². The third kappa shape index (κ3) is 2.37. The van der Waals surface area contributed by atoms with Gasteiger partial charge in [-0.15, -0.1) is 0 Å². The topological polar surface area (TPSA) is 81.3 Å². The van der Waals surface area contributed by atoms with Gasteiger partial charge in [-0.3, -0.25) is 18.6 Å². The number of carbonyl (C=O) groups is 1. The van der Waals surface area contributed by atoms with Crippen molar-refractivity contribution in [3.63, 3.8) is 0 Å². The van der Waals surface area contributed by atoms with Gasteiger partial charge in [-0.2, -0.15) is 0 Å². The molecule has 0 aliphatic carbocycles. The van der Waals surface area contributed by atoms with Gasteiger partial charge in [0.1, 0.15) is 16.3 Å². The van der Waals surface area contributed by atoms with E-state index in [2.05, 4.69) is 10.3 Å². The summed E-state index contributed by atoms with van der Waals surface area (Å²) >= 11 is 5.92. The predicted molar refractivity (Wildman–Crippen MR) is 108 cm³/mol. The number of carbonyl (C=O) groups excluding carboxylic acids is 1. The van der Waals surface area contributed by atoms with Crippen LogP contribution in [0, 0.1) is 0 Å². The molecule has 0 aliphatic rings. The second-order valence-corrected chi connectivity index (χ2v) is 6.60. The molecule has 0 spiro atoms. The Balaban J connectivity index is 2.02. The van der Waals surface area contributed by atoms with Crippen LogP contribution in [-0.4, -0.2) is 25.3 Å². The number of halogens is 1. The van der Waals surface area contributed by atoms with Gasteiger partial charge in [0, 0.05) is 17.0 Å². The van der Waals surface area contributed by atoms with Crippen LogP contribution < -0.4 is 10.9 Å². The Morgan fingerprint density at radius 1 is 1.04 bits per heavy atom. The Hall–Kier alpha value is -3.71. The van der Waals surface area contributed by atoms with Gasteiger partial charge < -0.3 is 5.32 Å². The number of imidazole rings is 1. The van der Waals surface area contributed by atoms with Crippen molar-refractivity contribution in [1.29, 1.82) is 0 Å². The smallest absolute Gasteiger partial charge is 0.264 e. The lowest BCUT2D eigenvalue weighted by Gasteiger charge is -2.11. The molecule has 5 aromatic rings. The van der Waals surface area contributed by atoms with Gasteiger partial charge in [0.25, 0.3) is 5.56 Å². The summed E-state index contributed by atoms with van der Waals surface area (Å²) in [5.41, 5.74) is 2.87. The monoisotopic (exact) mass is 389 g/mol. The molecule has 0 saturated carbocycles. The molecule has 1 aromatic carbocycles. The molecule has 4 aromatic heterocycles. The van der Waals surface area contributed by atoms with Crippen LogP contribution in [0.1, 0.15) is 0 Å². The summed E-state index contributed by atoms with van der Waals surface area (Å²) in [6, 6.07) is 14.3. The van der Waals surface area contributed by atoms with E-state index in [4.69, 9.17) is 16.6 Å². The lowest BCUT2D eigenvalue weighted by molar-refractivity contribution is -0.105. The number of aromatic nitrogens is 4. The molecule has 8 heteroatoms. The molecule has 4 heterocycles. The molecule has 0 unspecified atom stereocenters. The first-order chi connectivity index (χ1) is 13.7.